The van der Waals surface area contributed by atoms with Gasteiger partial charge in [-0.25, -0.2) is 9.18 Å². The van der Waals surface area contributed by atoms with Crippen molar-refractivity contribution in [1.82, 2.24) is 0 Å². The maximum atomic E-state index is 13.7. The number of esters is 1. The van der Waals surface area contributed by atoms with E-state index in [9.17, 15) is 9.18 Å². The molecule has 5 nitrogen and oxygen atoms in total. The predicted octanol–water partition coefficient (Wildman–Crippen LogP) is -0.699. The van der Waals surface area contributed by atoms with E-state index in [1.807, 2.05) is 0 Å². The van der Waals surface area contributed by atoms with E-state index in [1.165, 1.54) is 6.07 Å². The summed E-state index contributed by atoms with van der Waals surface area (Å²) in [7, 11) is 0.394. The summed E-state index contributed by atoms with van der Waals surface area (Å²) in [5.74, 6) is -2.24. The molecule has 0 aliphatic heterocycles. The molecule has 0 aliphatic carbocycles. The molecule has 0 spiro atoms. The average Bonchev–Trinajstić information content (AvgIpc) is 2.27. The van der Waals surface area contributed by atoms with Gasteiger partial charge in [0.2, 0.25) is 0 Å². The van der Waals surface area contributed by atoms with Gasteiger partial charge in [-0.3, -0.25) is 0 Å². The second-order valence-corrected chi connectivity index (χ2v) is 2.91. The maximum Gasteiger partial charge on any atom is 0.492 e. The van der Waals surface area contributed by atoms with Crippen molar-refractivity contribution in [2.75, 3.05) is 14.2 Å². The zero-order chi connectivity index (χ0) is 12.3. The van der Waals surface area contributed by atoms with Crippen LogP contribution in [0, 0.1) is 5.82 Å². The molecule has 16 heavy (non-hydrogen) atoms. The quantitative estimate of drug-likeness (QED) is 0.528. The minimum Gasteiger partial charge on any atom is -0.494 e. The van der Waals surface area contributed by atoms with Crippen LogP contribution in [-0.4, -0.2) is 37.4 Å². The van der Waals surface area contributed by atoms with Gasteiger partial charge in [0.05, 0.1) is 19.8 Å². The lowest BCUT2D eigenvalue weighted by Crippen LogP contribution is -2.32. The molecular formula is C9H10BFO5. The molecule has 0 bridgehead atoms. The average molecular weight is 228 g/mol. The first-order valence-electron chi connectivity index (χ1n) is 4.33. The van der Waals surface area contributed by atoms with Crippen molar-refractivity contribution in [2.24, 2.45) is 0 Å². The normalized spacial score (nSPS) is 9.81. The van der Waals surface area contributed by atoms with Crippen molar-refractivity contribution in [3.63, 3.8) is 0 Å². The number of carbonyl (C=O) groups is 1. The first kappa shape index (κ1) is 12.5. The number of carbonyl (C=O) groups excluding carboxylic acids is 1. The molecule has 0 aliphatic rings. The van der Waals surface area contributed by atoms with Gasteiger partial charge in [-0.05, 0) is 6.07 Å². The Balaban J connectivity index is 3.34. The lowest BCUT2D eigenvalue weighted by atomic mass is 9.79. The topological polar surface area (TPSA) is 76.0 Å². The fourth-order valence-corrected chi connectivity index (χ4v) is 1.25. The summed E-state index contributed by atoms with van der Waals surface area (Å²) in [5, 5.41) is 17.9. The Kier molecular flexibility index (Phi) is 3.86. The van der Waals surface area contributed by atoms with Crippen LogP contribution in [0.5, 0.6) is 5.75 Å². The molecule has 0 amide bonds. The number of halogens is 1. The van der Waals surface area contributed by atoms with E-state index in [-0.39, 0.29) is 11.0 Å². The predicted molar refractivity (Wildman–Crippen MR) is 54.1 cm³/mol. The van der Waals surface area contributed by atoms with Gasteiger partial charge in [0.25, 0.3) is 0 Å². The van der Waals surface area contributed by atoms with Gasteiger partial charge in [0.15, 0.2) is 11.6 Å². The van der Waals surface area contributed by atoms with Crippen LogP contribution in [0.3, 0.4) is 0 Å². The molecule has 0 aromatic heterocycles. The highest BCUT2D eigenvalue weighted by Gasteiger charge is 2.24. The van der Waals surface area contributed by atoms with E-state index < -0.39 is 24.7 Å². The third kappa shape index (κ3) is 2.15. The number of hydrogen-bond donors (Lipinski definition) is 2. The van der Waals surface area contributed by atoms with Crippen LogP contribution < -0.4 is 10.2 Å². The summed E-state index contributed by atoms with van der Waals surface area (Å²) in [4.78, 5) is 11.1. The molecule has 0 saturated heterocycles. The minimum absolute atomic E-state index is 0.160. The van der Waals surface area contributed by atoms with E-state index in [1.54, 1.807) is 0 Å². The fourth-order valence-electron chi connectivity index (χ4n) is 1.25. The second-order valence-electron chi connectivity index (χ2n) is 2.91. The minimum atomic E-state index is -1.88. The zero-order valence-corrected chi connectivity index (χ0v) is 8.73. The standard InChI is InChI=1S/C9H10BFO5/c1-15-8-6(10(13)14)4-3-5(7(8)11)9(12)16-2/h3-4,13-14H,1-2H3. The first-order chi connectivity index (χ1) is 7.52. The lowest BCUT2D eigenvalue weighted by Gasteiger charge is -2.10. The Morgan fingerprint density at radius 1 is 1.38 bits per heavy atom. The van der Waals surface area contributed by atoms with Crippen LogP contribution in [0.2, 0.25) is 0 Å². The van der Waals surface area contributed by atoms with Gasteiger partial charge in [-0.15, -0.1) is 0 Å². The molecule has 0 saturated carbocycles. The maximum absolute atomic E-state index is 13.7. The fraction of sp³-hybridized carbons (Fsp3) is 0.222. The van der Waals surface area contributed by atoms with Crippen molar-refractivity contribution >= 4 is 18.6 Å². The Morgan fingerprint density at radius 2 is 2.00 bits per heavy atom. The van der Waals surface area contributed by atoms with Crippen molar-refractivity contribution in [2.45, 2.75) is 0 Å². The molecule has 1 aromatic carbocycles. The highest BCUT2D eigenvalue weighted by molar-refractivity contribution is 6.59. The van der Waals surface area contributed by atoms with Crippen LogP contribution in [0.4, 0.5) is 4.39 Å². The van der Waals surface area contributed by atoms with Crippen molar-refractivity contribution in [3.05, 3.63) is 23.5 Å². The van der Waals surface area contributed by atoms with Crippen LogP contribution in [0.15, 0.2) is 12.1 Å². The molecule has 1 aromatic rings. The molecule has 0 radical (unpaired) electrons. The number of rotatable bonds is 3. The molecule has 0 unspecified atom stereocenters. The Morgan fingerprint density at radius 3 is 2.44 bits per heavy atom. The van der Waals surface area contributed by atoms with Crippen LogP contribution >= 0.6 is 0 Å². The molecule has 1 rings (SSSR count). The smallest absolute Gasteiger partial charge is 0.492 e. The summed E-state index contributed by atoms with van der Waals surface area (Å²) in [5.41, 5.74) is -0.489. The zero-order valence-electron chi connectivity index (χ0n) is 8.73. The van der Waals surface area contributed by atoms with E-state index in [0.717, 1.165) is 20.3 Å². The van der Waals surface area contributed by atoms with Crippen molar-refractivity contribution in [3.8, 4) is 5.75 Å². The van der Waals surface area contributed by atoms with Crippen LogP contribution in [-0.2, 0) is 4.74 Å². The Labute approximate surface area is 91.6 Å². The number of methoxy groups -OCH3 is 2. The molecule has 0 fully saturated rings. The summed E-state index contributed by atoms with van der Waals surface area (Å²) >= 11 is 0. The van der Waals surface area contributed by atoms with Gasteiger partial charge < -0.3 is 19.5 Å². The first-order valence-corrected chi connectivity index (χ1v) is 4.33. The highest BCUT2D eigenvalue weighted by atomic mass is 19.1. The third-order valence-electron chi connectivity index (χ3n) is 2.02. The van der Waals surface area contributed by atoms with Gasteiger partial charge in [0.1, 0.15) is 0 Å². The molecule has 86 valence electrons. The van der Waals surface area contributed by atoms with Gasteiger partial charge in [0, 0.05) is 5.46 Å². The number of benzene rings is 1. The van der Waals surface area contributed by atoms with Crippen LogP contribution in [0.1, 0.15) is 10.4 Å². The summed E-state index contributed by atoms with van der Waals surface area (Å²) in [6.45, 7) is 0. The molecule has 0 atom stereocenters. The second kappa shape index (κ2) is 4.95. The van der Waals surface area contributed by atoms with Crippen molar-refractivity contribution in [1.29, 1.82) is 0 Å². The monoisotopic (exact) mass is 228 g/mol. The van der Waals surface area contributed by atoms with E-state index in [0.29, 0.717) is 0 Å². The van der Waals surface area contributed by atoms with Crippen LogP contribution in [0.25, 0.3) is 0 Å². The van der Waals surface area contributed by atoms with E-state index >= 15 is 0 Å². The van der Waals surface area contributed by atoms with Gasteiger partial charge in [-0.2, -0.15) is 0 Å². The summed E-state index contributed by atoms with van der Waals surface area (Å²) in [6, 6.07) is 2.28. The van der Waals surface area contributed by atoms with Gasteiger partial charge >= 0.3 is 13.1 Å². The Hall–Kier alpha value is -1.60. The van der Waals surface area contributed by atoms with E-state index in [2.05, 4.69) is 9.47 Å². The SMILES string of the molecule is COC(=O)c1ccc(B(O)O)c(OC)c1F. The molecule has 2 N–H and O–H groups in total. The molecule has 7 heteroatoms. The largest absolute Gasteiger partial charge is 0.494 e. The molecule has 0 heterocycles. The summed E-state index contributed by atoms with van der Waals surface area (Å²) in [6.07, 6.45) is 0. The third-order valence-corrected chi connectivity index (χ3v) is 2.02. The summed E-state index contributed by atoms with van der Waals surface area (Å²) < 4.78 is 22.7. The lowest BCUT2D eigenvalue weighted by molar-refractivity contribution is 0.0594. The van der Waals surface area contributed by atoms with Crippen molar-refractivity contribution < 1.29 is 28.7 Å². The number of hydrogen-bond acceptors (Lipinski definition) is 5. The Bertz CT molecular complexity index is 407. The van der Waals surface area contributed by atoms with Gasteiger partial charge in [-0.1, -0.05) is 6.07 Å². The molecular weight excluding hydrogens is 218 g/mol. The number of ether oxygens (including phenoxy) is 2. The highest BCUT2D eigenvalue weighted by Crippen LogP contribution is 2.19. The van der Waals surface area contributed by atoms with E-state index in [4.69, 9.17) is 10.0 Å².